The van der Waals surface area contributed by atoms with E-state index >= 15 is 0 Å². The first-order chi connectivity index (χ1) is 8.48. The van der Waals surface area contributed by atoms with Crippen LogP contribution in [-0.4, -0.2) is 23.2 Å². The van der Waals surface area contributed by atoms with Gasteiger partial charge < -0.3 is 5.32 Å². The highest BCUT2D eigenvalue weighted by Crippen LogP contribution is 2.19. The van der Waals surface area contributed by atoms with Crippen LogP contribution in [0.25, 0.3) is 0 Å². The fourth-order valence-corrected chi connectivity index (χ4v) is 2.37. The molecule has 1 aromatic rings. The van der Waals surface area contributed by atoms with Crippen molar-refractivity contribution in [3.8, 4) is 0 Å². The molecule has 1 aromatic carbocycles. The lowest BCUT2D eigenvalue weighted by atomic mass is 10.0. The maximum absolute atomic E-state index is 13.3. The molecule has 0 fully saturated rings. The smallest absolute Gasteiger partial charge is 0.251 e. The molecule has 0 radical (unpaired) electrons. The number of carbonyl (C=O) groups is 1. The second-order valence-corrected chi connectivity index (χ2v) is 5.37. The molecular formula is C12H13BrCl2FNO. The van der Waals surface area contributed by atoms with Crippen molar-refractivity contribution < 1.29 is 9.18 Å². The number of rotatable bonds is 5. The SMILES string of the molecule is CCC(CCl)(CCl)NC(=O)c1ccc(Br)c(F)c1. The lowest BCUT2D eigenvalue weighted by molar-refractivity contribution is 0.0913. The molecule has 0 aliphatic carbocycles. The highest BCUT2D eigenvalue weighted by molar-refractivity contribution is 9.10. The molecule has 1 amide bonds. The molecule has 0 spiro atoms. The van der Waals surface area contributed by atoms with E-state index in [0.29, 0.717) is 10.9 Å². The van der Waals surface area contributed by atoms with Crippen molar-refractivity contribution >= 4 is 45.0 Å². The molecule has 100 valence electrons. The van der Waals surface area contributed by atoms with E-state index in [1.807, 2.05) is 6.92 Å². The fraction of sp³-hybridized carbons (Fsp3) is 0.417. The summed E-state index contributed by atoms with van der Waals surface area (Å²) in [5.74, 6) is -0.457. The molecule has 2 nitrogen and oxygen atoms in total. The Kier molecular flexibility index (Phi) is 5.89. The van der Waals surface area contributed by atoms with E-state index in [-0.39, 0.29) is 23.2 Å². The van der Waals surface area contributed by atoms with Crippen molar-refractivity contribution in [2.45, 2.75) is 18.9 Å². The van der Waals surface area contributed by atoms with Gasteiger partial charge in [-0.1, -0.05) is 6.92 Å². The average Bonchev–Trinajstić information content (AvgIpc) is 2.39. The van der Waals surface area contributed by atoms with Crippen molar-refractivity contribution in [3.63, 3.8) is 0 Å². The van der Waals surface area contributed by atoms with Gasteiger partial charge in [-0.3, -0.25) is 4.79 Å². The fourth-order valence-electron chi connectivity index (χ4n) is 1.33. The maximum Gasteiger partial charge on any atom is 0.251 e. The van der Waals surface area contributed by atoms with Crippen LogP contribution in [0.2, 0.25) is 0 Å². The first kappa shape index (κ1) is 15.7. The number of hydrogen-bond donors (Lipinski definition) is 1. The third-order valence-electron chi connectivity index (χ3n) is 2.75. The number of alkyl halides is 2. The molecule has 0 saturated carbocycles. The van der Waals surface area contributed by atoms with Crippen LogP contribution in [0.5, 0.6) is 0 Å². The predicted molar refractivity (Wildman–Crippen MR) is 76.0 cm³/mol. The van der Waals surface area contributed by atoms with Crippen molar-refractivity contribution in [2.24, 2.45) is 0 Å². The van der Waals surface area contributed by atoms with E-state index in [2.05, 4.69) is 21.2 Å². The van der Waals surface area contributed by atoms with Crippen molar-refractivity contribution in [1.29, 1.82) is 0 Å². The summed E-state index contributed by atoms with van der Waals surface area (Å²) >= 11 is 14.7. The third kappa shape index (κ3) is 3.59. The topological polar surface area (TPSA) is 29.1 Å². The number of amides is 1. The van der Waals surface area contributed by atoms with Gasteiger partial charge in [0.15, 0.2) is 0 Å². The summed E-state index contributed by atoms with van der Waals surface area (Å²) in [5.41, 5.74) is -0.423. The standard InChI is InChI=1S/C12H13BrCl2FNO/c1-2-12(6-14,7-15)17-11(18)8-3-4-9(13)10(16)5-8/h3-5H,2,6-7H2,1H3,(H,17,18). The van der Waals surface area contributed by atoms with Gasteiger partial charge >= 0.3 is 0 Å². The van der Waals surface area contributed by atoms with Crippen LogP contribution in [0, 0.1) is 5.82 Å². The van der Waals surface area contributed by atoms with E-state index in [1.54, 1.807) is 0 Å². The highest BCUT2D eigenvalue weighted by Gasteiger charge is 2.28. The molecule has 6 heteroatoms. The van der Waals surface area contributed by atoms with Crippen LogP contribution < -0.4 is 5.32 Å². The van der Waals surface area contributed by atoms with Gasteiger partial charge in [0.25, 0.3) is 5.91 Å². The monoisotopic (exact) mass is 355 g/mol. The van der Waals surface area contributed by atoms with E-state index in [4.69, 9.17) is 23.2 Å². The second kappa shape index (κ2) is 6.73. The van der Waals surface area contributed by atoms with Crippen LogP contribution in [0.15, 0.2) is 22.7 Å². The number of benzene rings is 1. The summed E-state index contributed by atoms with van der Waals surface area (Å²) in [6, 6.07) is 4.19. The largest absolute Gasteiger partial charge is 0.344 e. The Bertz CT molecular complexity index is 430. The molecule has 0 aliphatic rings. The van der Waals surface area contributed by atoms with Crippen LogP contribution in [-0.2, 0) is 0 Å². The molecule has 0 atom stereocenters. The predicted octanol–water partition coefficient (Wildman–Crippen LogP) is 3.94. The lowest BCUT2D eigenvalue weighted by Crippen LogP contribution is -2.51. The average molecular weight is 357 g/mol. The molecule has 1 N–H and O–H groups in total. The summed E-state index contributed by atoms with van der Waals surface area (Å²) in [7, 11) is 0. The Balaban J connectivity index is 2.90. The van der Waals surface area contributed by atoms with Crippen LogP contribution in [0.3, 0.4) is 0 Å². The minimum atomic E-state index is -0.663. The van der Waals surface area contributed by atoms with Crippen molar-refractivity contribution in [3.05, 3.63) is 34.1 Å². The van der Waals surface area contributed by atoms with Gasteiger partial charge in [0, 0.05) is 17.3 Å². The van der Waals surface area contributed by atoms with E-state index < -0.39 is 11.4 Å². The number of hydrogen-bond acceptors (Lipinski definition) is 1. The van der Waals surface area contributed by atoms with Gasteiger partial charge in [-0.25, -0.2) is 4.39 Å². The molecular weight excluding hydrogens is 344 g/mol. The lowest BCUT2D eigenvalue weighted by Gasteiger charge is -2.29. The molecule has 0 aromatic heterocycles. The quantitative estimate of drug-likeness (QED) is 0.795. The van der Waals surface area contributed by atoms with Crippen molar-refractivity contribution in [1.82, 2.24) is 5.32 Å². The zero-order chi connectivity index (χ0) is 13.8. The summed E-state index contributed by atoms with van der Waals surface area (Å²) in [5, 5.41) is 2.76. The third-order valence-corrected chi connectivity index (χ3v) is 4.42. The Labute approximate surface area is 124 Å². The maximum atomic E-state index is 13.3. The molecule has 1 rings (SSSR count). The normalized spacial score (nSPS) is 11.4. The minimum Gasteiger partial charge on any atom is -0.344 e. The number of carbonyl (C=O) groups excluding carboxylic acids is 1. The van der Waals surface area contributed by atoms with Gasteiger partial charge in [0.1, 0.15) is 5.82 Å². The Hall–Kier alpha value is -0.320. The number of nitrogens with one attached hydrogen (secondary N) is 1. The number of halogens is 4. The molecule has 0 unspecified atom stereocenters. The first-order valence-corrected chi connectivity index (χ1v) is 7.23. The zero-order valence-corrected chi connectivity index (χ0v) is 12.9. The van der Waals surface area contributed by atoms with E-state index in [0.717, 1.165) is 0 Å². The van der Waals surface area contributed by atoms with Crippen LogP contribution in [0.4, 0.5) is 4.39 Å². The van der Waals surface area contributed by atoms with Gasteiger partial charge in [-0.05, 0) is 40.5 Å². The highest BCUT2D eigenvalue weighted by atomic mass is 79.9. The summed E-state index contributed by atoms with van der Waals surface area (Å²) in [6.07, 6.45) is 0.602. The van der Waals surface area contributed by atoms with Crippen LogP contribution in [0.1, 0.15) is 23.7 Å². The Morgan fingerprint density at radius 3 is 2.50 bits per heavy atom. The minimum absolute atomic E-state index is 0.206. The zero-order valence-electron chi connectivity index (χ0n) is 9.77. The van der Waals surface area contributed by atoms with Gasteiger partial charge in [-0.2, -0.15) is 0 Å². The Morgan fingerprint density at radius 1 is 1.44 bits per heavy atom. The summed E-state index contributed by atoms with van der Waals surface area (Å²) in [4.78, 5) is 12.0. The van der Waals surface area contributed by atoms with Crippen LogP contribution >= 0.6 is 39.1 Å². The van der Waals surface area contributed by atoms with E-state index in [1.165, 1.54) is 18.2 Å². The molecule has 0 aliphatic heterocycles. The van der Waals surface area contributed by atoms with Gasteiger partial charge in [-0.15, -0.1) is 23.2 Å². The molecule has 0 bridgehead atoms. The summed E-state index contributed by atoms with van der Waals surface area (Å²) < 4.78 is 13.7. The first-order valence-electron chi connectivity index (χ1n) is 5.37. The molecule has 18 heavy (non-hydrogen) atoms. The second-order valence-electron chi connectivity index (χ2n) is 3.98. The van der Waals surface area contributed by atoms with Gasteiger partial charge in [0.2, 0.25) is 0 Å². The van der Waals surface area contributed by atoms with Crippen molar-refractivity contribution in [2.75, 3.05) is 11.8 Å². The van der Waals surface area contributed by atoms with Gasteiger partial charge in [0.05, 0.1) is 10.0 Å². The summed E-state index contributed by atoms with van der Waals surface area (Å²) in [6.45, 7) is 1.88. The molecule has 0 heterocycles. The molecule has 0 saturated heterocycles. The Morgan fingerprint density at radius 2 is 2.06 bits per heavy atom. The van der Waals surface area contributed by atoms with E-state index in [9.17, 15) is 9.18 Å².